The maximum Gasteiger partial charge on any atom is 0.294 e. The number of anilines is 1. The Morgan fingerprint density at radius 2 is 1.93 bits per heavy atom. The number of thioether (sulfide) groups is 1. The molecular weight excluding hydrogens is 460 g/mol. The van der Waals surface area contributed by atoms with E-state index in [1.165, 1.54) is 0 Å². The van der Waals surface area contributed by atoms with Crippen molar-refractivity contribution >= 4 is 56.5 Å². The fourth-order valence-corrected chi connectivity index (χ4v) is 4.10. The number of benzene rings is 2. The summed E-state index contributed by atoms with van der Waals surface area (Å²) in [7, 11) is 0. The van der Waals surface area contributed by atoms with Gasteiger partial charge in [0.25, 0.3) is 11.1 Å². The van der Waals surface area contributed by atoms with Gasteiger partial charge in [0, 0.05) is 16.2 Å². The molecule has 2 aromatic rings. The lowest BCUT2D eigenvalue weighted by molar-refractivity contribution is -0.127. The van der Waals surface area contributed by atoms with E-state index >= 15 is 0 Å². The van der Waals surface area contributed by atoms with Crippen molar-refractivity contribution in [3.63, 3.8) is 0 Å². The summed E-state index contributed by atoms with van der Waals surface area (Å²) >= 11 is 4.19. The topological polar surface area (TPSA) is 84.9 Å². The third kappa shape index (κ3) is 4.46. The molecule has 1 fully saturated rings. The third-order valence-corrected chi connectivity index (χ3v) is 5.55. The molecule has 0 unspecified atom stereocenters. The highest BCUT2D eigenvalue weighted by Gasteiger charge is 2.36. The maximum absolute atomic E-state index is 12.6. The Bertz CT molecular complexity index is 1040. The summed E-state index contributed by atoms with van der Waals surface area (Å²) in [5.74, 6) is 0.181. The molecule has 0 aromatic heterocycles. The van der Waals surface area contributed by atoms with Crippen LogP contribution in [0.15, 0.2) is 51.8 Å². The lowest BCUT2D eigenvalue weighted by Crippen LogP contribution is -2.36. The first-order valence-electron chi connectivity index (χ1n) is 8.70. The maximum atomic E-state index is 12.6. The molecule has 2 aliphatic heterocycles. The van der Waals surface area contributed by atoms with Gasteiger partial charge in [-0.25, -0.2) is 0 Å². The third-order valence-electron chi connectivity index (χ3n) is 4.15. The van der Waals surface area contributed by atoms with Crippen molar-refractivity contribution in [3.05, 3.63) is 57.4 Å². The fraction of sp³-hybridized carbons (Fsp3) is 0.150. The molecule has 0 radical (unpaired) electrons. The normalized spacial score (nSPS) is 17.0. The van der Waals surface area contributed by atoms with E-state index in [4.69, 9.17) is 9.47 Å². The minimum absolute atomic E-state index is 0.278. The zero-order valence-electron chi connectivity index (χ0n) is 15.0. The lowest BCUT2D eigenvalue weighted by atomic mass is 10.2. The van der Waals surface area contributed by atoms with Gasteiger partial charge in [0.1, 0.15) is 19.8 Å². The smallest absolute Gasteiger partial charge is 0.294 e. The minimum Gasteiger partial charge on any atom is -0.486 e. The van der Waals surface area contributed by atoms with Gasteiger partial charge in [0.05, 0.1) is 4.91 Å². The SMILES string of the molecule is O=C(CN1C(=O)S/C(=C/c2cccc(Br)c2)C1=O)Nc1ccc2c(c1)OCCO2. The molecule has 2 heterocycles. The highest BCUT2D eigenvalue weighted by molar-refractivity contribution is 9.10. The Hall–Kier alpha value is -2.78. The second kappa shape index (κ2) is 8.30. The number of carbonyl (C=O) groups excluding carboxylic acids is 3. The van der Waals surface area contributed by atoms with Crippen LogP contribution >= 0.6 is 27.7 Å². The van der Waals surface area contributed by atoms with Crippen LogP contribution in [0.4, 0.5) is 10.5 Å². The average molecular weight is 475 g/mol. The van der Waals surface area contributed by atoms with E-state index in [0.717, 1.165) is 26.7 Å². The Labute approximate surface area is 179 Å². The molecule has 0 spiro atoms. The van der Waals surface area contributed by atoms with E-state index in [2.05, 4.69) is 21.2 Å². The number of amides is 3. The van der Waals surface area contributed by atoms with E-state index < -0.39 is 17.1 Å². The number of fused-ring (bicyclic) bond motifs is 1. The largest absolute Gasteiger partial charge is 0.486 e. The van der Waals surface area contributed by atoms with Crippen LogP contribution in [-0.2, 0) is 9.59 Å². The van der Waals surface area contributed by atoms with Gasteiger partial charge >= 0.3 is 0 Å². The Kier molecular flexibility index (Phi) is 5.59. The second-order valence-electron chi connectivity index (χ2n) is 6.23. The predicted octanol–water partition coefficient (Wildman–Crippen LogP) is 3.90. The molecule has 0 aliphatic carbocycles. The van der Waals surface area contributed by atoms with Gasteiger partial charge in [-0.15, -0.1) is 0 Å². The van der Waals surface area contributed by atoms with Crippen LogP contribution in [0.1, 0.15) is 5.56 Å². The molecule has 29 heavy (non-hydrogen) atoms. The number of ether oxygens (including phenoxy) is 2. The van der Waals surface area contributed by atoms with Crippen molar-refractivity contribution in [2.24, 2.45) is 0 Å². The molecule has 9 heteroatoms. The number of imide groups is 1. The van der Waals surface area contributed by atoms with Crippen LogP contribution in [0.5, 0.6) is 11.5 Å². The molecular formula is C20H15BrN2O5S. The second-order valence-corrected chi connectivity index (χ2v) is 8.14. The van der Waals surface area contributed by atoms with Gasteiger partial charge in [-0.3, -0.25) is 19.3 Å². The number of halogens is 1. The summed E-state index contributed by atoms with van der Waals surface area (Å²) in [6.45, 7) is 0.547. The summed E-state index contributed by atoms with van der Waals surface area (Å²) in [6.07, 6.45) is 1.63. The molecule has 4 rings (SSSR count). The molecule has 2 aromatic carbocycles. The van der Waals surface area contributed by atoms with E-state index in [0.29, 0.717) is 30.4 Å². The first kappa shape index (κ1) is 19.5. The highest BCUT2D eigenvalue weighted by atomic mass is 79.9. The van der Waals surface area contributed by atoms with E-state index in [1.807, 2.05) is 24.3 Å². The summed E-state index contributed by atoms with van der Waals surface area (Å²) in [5, 5.41) is 2.20. The zero-order valence-corrected chi connectivity index (χ0v) is 17.4. The summed E-state index contributed by atoms with van der Waals surface area (Å²) < 4.78 is 11.8. The summed E-state index contributed by atoms with van der Waals surface area (Å²) in [4.78, 5) is 38.4. The van der Waals surface area contributed by atoms with Crippen LogP contribution in [0.3, 0.4) is 0 Å². The first-order valence-corrected chi connectivity index (χ1v) is 10.3. The Morgan fingerprint density at radius 1 is 1.14 bits per heavy atom. The van der Waals surface area contributed by atoms with E-state index in [-0.39, 0.29) is 11.4 Å². The monoisotopic (exact) mass is 474 g/mol. The molecule has 2 aliphatic rings. The van der Waals surface area contributed by atoms with Crippen molar-refractivity contribution in [1.82, 2.24) is 4.90 Å². The van der Waals surface area contributed by atoms with Gasteiger partial charge in [-0.05, 0) is 47.7 Å². The van der Waals surface area contributed by atoms with Crippen molar-refractivity contribution in [1.29, 1.82) is 0 Å². The quantitative estimate of drug-likeness (QED) is 0.676. The van der Waals surface area contributed by atoms with Crippen molar-refractivity contribution in [3.8, 4) is 11.5 Å². The van der Waals surface area contributed by atoms with Gasteiger partial charge in [0.2, 0.25) is 5.91 Å². The average Bonchev–Trinajstić information content (AvgIpc) is 2.95. The summed E-state index contributed by atoms with van der Waals surface area (Å²) in [6, 6.07) is 12.4. The number of rotatable bonds is 4. The summed E-state index contributed by atoms with van der Waals surface area (Å²) in [5.41, 5.74) is 1.28. The molecule has 7 nitrogen and oxygen atoms in total. The van der Waals surface area contributed by atoms with Crippen LogP contribution in [-0.4, -0.2) is 41.7 Å². The van der Waals surface area contributed by atoms with Crippen LogP contribution in [0.2, 0.25) is 0 Å². The number of nitrogens with zero attached hydrogens (tertiary/aromatic N) is 1. The number of carbonyl (C=O) groups is 3. The van der Waals surface area contributed by atoms with Crippen molar-refractivity contribution < 1.29 is 23.9 Å². The molecule has 0 saturated carbocycles. The van der Waals surface area contributed by atoms with Crippen molar-refractivity contribution in [2.45, 2.75) is 0 Å². The number of hydrogen-bond donors (Lipinski definition) is 1. The van der Waals surface area contributed by atoms with Gasteiger partial charge in [0.15, 0.2) is 11.5 Å². The van der Waals surface area contributed by atoms with Crippen LogP contribution in [0, 0.1) is 0 Å². The fourth-order valence-electron chi connectivity index (χ4n) is 2.85. The highest BCUT2D eigenvalue weighted by Crippen LogP contribution is 2.34. The number of nitrogens with one attached hydrogen (secondary N) is 1. The zero-order chi connectivity index (χ0) is 20.4. The van der Waals surface area contributed by atoms with Crippen LogP contribution in [0.25, 0.3) is 6.08 Å². The van der Waals surface area contributed by atoms with E-state index in [1.54, 1.807) is 24.3 Å². The van der Waals surface area contributed by atoms with E-state index in [9.17, 15) is 14.4 Å². The Balaban J connectivity index is 1.43. The first-order chi connectivity index (χ1) is 14.0. The van der Waals surface area contributed by atoms with Gasteiger partial charge in [-0.2, -0.15) is 0 Å². The van der Waals surface area contributed by atoms with Crippen LogP contribution < -0.4 is 14.8 Å². The lowest BCUT2D eigenvalue weighted by Gasteiger charge is -2.19. The minimum atomic E-state index is -0.489. The molecule has 0 atom stereocenters. The molecule has 148 valence electrons. The van der Waals surface area contributed by atoms with Crippen molar-refractivity contribution in [2.75, 3.05) is 25.1 Å². The Morgan fingerprint density at radius 3 is 2.72 bits per heavy atom. The predicted molar refractivity (Wildman–Crippen MR) is 113 cm³/mol. The molecule has 1 N–H and O–H groups in total. The molecule has 0 bridgehead atoms. The van der Waals surface area contributed by atoms with Gasteiger partial charge < -0.3 is 14.8 Å². The molecule has 1 saturated heterocycles. The number of hydrogen-bond acceptors (Lipinski definition) is 6. The molecule has 3 amide bonds. The van der Waals surface area contributed by atoms with Gasteiger partial charge in [-0.1, -0.05) is 28.1 Å². The standard InChI is InChI=1S/C20H15BrN2O5S/c21-13-3-1-2-12(8-13)9-17-19(25)23(20(26)29-17)11-18(24)22-14-4-5-15-16(10-14)28-7-6-27-15/h1-5,8-10H,6-7,11H2,(H,22,24)/b17-9+.